The van der Waals surface area contributed by atoms with Gasteiger partial charge in [0.05, 0.1) is 36.8 Å². The maximum atomic E-state index is 11.9. The molecule has 0 saturated heterocycles. The van der Waals surface area contributed by atoms with E-state index in [1.165, 1.54) is 60.5 Å². The first kappa shape index (κ1) is 25.1. The summed E-state index contributed by atoms with van der Waals surface area (Å²) in [5.74, 6) is -0.845. The van der Waals surface area contributed by atoms with Crippen LogP contribution in [0.25, 0.3) is 63.9 Å². The number of fused-ring (bicyclic) bond motifs is 3. The number of aromatic nitrogens is 5. The number of pyridine rings is 2. The largest absolute Gasteiger partial charge is 0.478 e. The molecule has 7 aromatic rings. The zero-order chi connectivity index (χ0) is 28.2. The van der Waals surface area contributed by atoms with Gasteiger partial charge in [-0.3, -0.25) is 4.98 Å². The van der Waals surface area contributed by atoms with Gasteiger partial charge in [-0.2, -0.15) is 0 Å². The van der Waals surface area contributed by atoms with E-state index >= 15 is 0 Å². The van der Waals surface area contributed by atoms with Crippen LogP contribution in [0.4, 0.5) is 0 Å². The second kappa shape index (κ2) is 9.66. The van der Waals surface area contributed by atoms with Crippen molar-refractivity contribution < 1.29 is 24.2 Å². The summed E-state index contributed by atoms with van der Waals surface area (Å²) in [4.78, 5) is 47.2. The molecular weight excluding hydrogens is 583 g/mol. The van der Waals surface area contributed by atoms with Crippen LogP contribution < -0.4 is 0 Å². The van der Waals surface area contributed by atoms with Crippen molar-refractivity contribution in [3.63, 3.8) is 0 Å². The molecule has 0 amide bonds. The molecule has 0 fully saturated rings. The summed E-state index contributed by atoms with van der Waals surface area (Å²) in [5.41, 5.74) is 0.438. The molecule has 7 heterocycles. The quantitative estimate of drug-likeness (QED) is 0.203. The molecule has 7 rings (SSSR count). The van der Waals surface area contributed by atoms with Crippen LogP contribution in [0.2, 0.25) is 0 Å². The minimum Gasteiger partial charge on any atom is -0.478 e. The highest BCUT2D eigenvalue weighted by Crippen LogP contribution is 2.46. The third-order valence-corrected chi connectivity index (χ3v) is 9.86. The Morgan fingerprint density at radius 1 is 0.707 bits per heavy atom. The standard InChI is InChI=1S/C28H15N5O5S3/c1-12-6-21-23(39-12)24-22(40-21)10-20(41-24)18-2-3-19(38-18)26-31-11-30-25(33-26)17-9-14(28(36)37)8-16(32-17)15-7-13(27(34)35)4-5-29-15/h2-11H,1H3,(H,34,35)(H,36,37). The van der Waals surface area contributed by atoms with E-state index in [0.29, 0.717) is 11.5 Å². The van der Waals surface area contributed by atoms with E-state index < -0.39 is 11.9 Å². The Bertz CT molecular complexity index is 2160. The number of rotatable bonds is 6. The first-order valence-corrected chi connectivity index (χ1v) is 14.4. The van der Waals surface area contributed by atoms with Crippen molar-refractivity contribution in [2.24, 2.45) is 0 Å². The molecule has 0 unspecified atom stereocenters. The third-order valence-electron chi connectivity index (χ3n) is 6.16. The van der Waals surface area contributed by atoms with E-state index in [2.05, 4.69) is 44.0 Å². The van der Waals surface area contributed by atoms with Crippen LogP contribution in [0.15, 0.2) is 65.5 Å². The number of furan rings is 1. The summed E-state index contributed by atoms with van der Waals surface area (Å²) in [6.07, 6.45) is 2.62. The molecule has 0 aliphatic carbocycles. The number of carboxylic acid groups (broad SMARTS) is 2. The Balaban J connectivity index is 1.25. The molecule has 2 N–H and O–H groups in total. The third kappa shape index (κ3) is 4.55. The molecule has 0 spiro atoms. The minimum absolute atomic E-state index is 0.00402. The minimum atomic E-state index is -1.19. The van der Waals surface area contributed by atoms with Crippen LogP contribution in [-0.2, 0) is 0 Å². The van der Waals surface area contributed by atoms with Crippen LogP contribution >= 0.6 is 34.0 Å². The number of nitrogens with zero attached hydrogens (tertiary/aromatic N) is 5. The normalized spacial score (nSPS) is 11.4. The Morgan fingerprint density at radius 3 is 2.24 bits per heavy atom. The lowest BCUT2D eigenvalue weighted by atomic mass is 10.1. The number of hydrogen-bond donors (Lipinski definition) is 2. The molecule has 0 bridgehead atoms. The van der Waals surface area contributed by atoms with E-state index in [1.807, 2.05) is 6.07 Å². The molecule has 0 aliphatic heterocycles. The fraction of sp³-hybridized carbons (Fsp3) is 0.0357. The van der Waals surface area contributed by atoms with Gasteiger partial charge in [0.25, 0.3) is 0 Å². The Labute approximate surface area is 242 Å². The number of carbonyl (C=O) groups is 2. The van der Waals surface area contributed by atoms with E-state index in [1.54, 1.807) is 40.1 Å². The summed E-state index contributed by atoms with van der Waals surface area (Å²) >= 11 is 5.24. The summed E-state index contributed by atoms with van der Waals surface area (Å²) < 4.78 is 11.2. The Morgan fingerprint density at radius 2 is 1.41 bits per heavy atom. The van der Waals surface area contributed by atoms with Gasteiger partial charge in [-0.25, -0.2) is 29.5 Å². The highest BCUT2D eigenvalue weighted by Gasteiger charge is 2.19. The number of hydrogen-bond acceptors (Lipinski definition) is 11. The monoisotopic (exact) mass is 597 g/mol. The van der Waals surface area contributed by atoms with Gasteiger partial charge in [-0.1, -0.05) is 0 Å². The molecule has 0 radical (unpaired) electrons. The summed E-state index contributed by atoms with van der Waals surface area (Å²) in [6, 6.07) is 13.3. The average Bonchev–Trinajstić information content (AvgIpc) is 3.75. The fourth-order valence-electron chi connectivity index (χ4n) is 4.31. The van der Waals surface area contributed by atoms with Gasteiger partial charge in [-0.15, -0.1) is 34.0 Å². The highest BCUT2D eigenvalue weighted by atomic mass is 32.1. The van der Waals surface area contributed by atoms with Gasteiger partial charge >= 0.3 is 11.9 Å². The molecule has 10 nitrogen and oxygen atoms in total. The van der Waals surface area contributed by atoms with Crippen LogP contribution in [0, 0.1) is 6.92 Å². The predicted octanol–water partition coefficient (Wildman–Crippen LogP) is 7.12. The second-order valence-corrected chi connectivity index (χ2v) is 12.3. The van der Waals surface area contributed by atoms with Crippen molar-refractivity contribution in [1.82, 2.24) is 24.9 Å². The maximum absolute atomic E-state index is 11.9. The maximum Gasteiger partial charge on any atom is 0.335 e. The summed E-state index contributed by atoms with van der Waals surface area (Å²) in [7, 11) is 0. The van der Waals surface area contributed by atoms with Gasteiger partial charge < -0.3 is 14.6 Å². The van der Waals surface area contributed by atoms with Gasteiger partial charge in [-0.05, 0) is 55.5 Å². The molecule has 13 heteroatoms. The lowest BCUT2D eigenvalue weighted by Crippen LogP contribution is -2.04. The molecular formula is C28H15N5O5S3. The van der Waals surface area contributed by atoms with Crippen LogP contribution in [-0.4, -0.2) is 47.1 Å². The smallest absolute Gasteiger partial charge is 0.335 e. The lowest BCUT2D eigenvalue weighted by molar-refractivity contribution is 0.0686. The molecule has 0 aromatic carbocycles. The summed E-state index contributed by atoms with van der Waals surface area (Å²) in [6.45, 7) is 2.11. The molecule has 0 aliphatic rings. The Hall–Kier alpha value is -4.85. The fourth-order valence-corrected chi connectivity index (χ4v) is 8.20. The van der Waals surface area contributed by atoms with Gasteiger partial charge in [0, 0.05) is 20.5 Å². The molecule has 0 saturated carbocycles. The van der Waals surface area contributed by atoms with Gasteiger partial charge in [0.2, 0.25) is 0 Å². The number of aryl methyl sites for hydroxylation is 1. The lowest BCUT2D eigenvalue weighted by Gasteiger charge is -2.07. The molecule has 7 aromatic heterocycles. The zero-order valence-corrected chi connectivity index (χ0v) is 23.3. The number of carboxylic acids is 2. The van der Waals surface area contributed by atoms with Crippen molar-refractivity contribution in [2.75, 3.05) is 0 Å². The predicted molar refractivity (Wildman–Crippen MR) is 157 cm³/mol. The van der Waals surface area contributed by atoms with Crippen LogP contribution in [0.5, 0.6) is 0 Å². The SMILES string of the molecule is Cc1cc2sc3cc(-c4ccc(-c5ncnc(-c6cc(C(=O)O)cc(-c7cc(C(=O)O)ccn7)n6)n5)o4)sc3c2s1. The second-order valence-electron chi connectivity index (χ2n) is 8.92. The molecule has 200 valence electrons. The highest BCUT2D eigenvalue weighted by molar-refractivity contribution is 7.39. The van der Waals surface area contributed by atoms with Crippen molar-refractivity contribution in [1.29, 1.82) is 0 Å². The van der Waals surface area contributed by atoms with Gasteiger partial charge in [0.1, 0.15) is 17.8 Å². The summed E-state index contributed by atoms with van der Waals surface area (Å²) in [5, 5.41) is 19.0. The molecule has 41 heavy (non-hydrogen) atoms. The van der Waals surface area contributed by atoms with Crippen LogP contribution in [0.3, 0.4) is 0 Å². The topological polar surface area (TPSA) is 152 Å². The first-order chi connectivity index (χ1) is 19.8. The Kier molecular flexibility index (Phi) is 5.92. The van der Waals surface area contributed by atoms with E-state index in [4.69, 9.17) is 4.42 Å². The van der Waals surface area contributed by atoms with Crippen LogP contribution in [0.1, 0.15) is 25.6 Å². The average molecular weight is 598 g/mol. The molecule has 0 atom stereocenters. The number of thiophene rings is 3. The van der Waals surface area contributed by atoms with Crippen molar-refractivity contribution in [3.8, 4) is 45.1 Å². The van der Waals surface area contributed by atoms with Crippen molar-refractivity contribution in [2.45, 2.75) is 6.92 Å². The first-order valence-electron chi connectivity index (χ1n) is 12.0. The van der Waals surface area contributed by atoms with E-state index in [0.717, 1.165) is 4.88 Å². The van der Waals surface area contributed by atoms with Crippen molar-refractivity contribution >= 4 is 64.7 Å². The zero-order valence-electron chi connectivity index (χ0n) is 20.9. The van der Waals surface area contributed by atoms with E-state index in [-0.39, 0.29) is 39.9 Å². The van der Waals surface area contributed by atoms with Crippen molar-refractivity contribution in [3.05, 3.63) is 77.1 Å². The number of aromatic carboxylic acids is 2. The van der Waals surface area contributed by atoms with E-state index in [9.17, 15) is 19.8 Å². The van der Waals surface area contributed by atoms with Gasteiger partial charge in [0.15, 0.2) is 17.4 Å².